The number of benzene rings is 1. The van der Waals surface area contributed by atoms with Crippen LogP contribution in [-0.4, -0.2) is 20.7 Å². The molecular formula is C18H22N4. The summed E-state index contributed by atoms with van der Waals surface area (Å²) in [7, 11) is 2.03. The lowest BCUT2D eigenvalue weighted by Crippen LogP contribution is -2.23. The van der Waals surface area contributed by atoms with E-state index in [2.05, 4.69) is 54.2 Å². The summed E-state index contributed by atoms with van der Waals surface area (Å²) in [6.07, 6.45) is 0. The van der Waals surface area contributed by atoms with Crippen LogP contribution < -0.4 is 5.49 Å². The summed E-state index contributed by atoms with van der Waals surface area (Å²) in [6.45, 7) is 9.17. The molecule has 0 saturated carbocycles. The second-order valence-corrected chi connectivity index (χ2v) is 5.60. The van der Waals surface area contributed by atoms with Crippen molar-refractivity contribution < 1.29 is 0 Å². The monoisotopic (exact) mass is 294 g/mol. The van der Waals surface area contributed by atoms with E-state index < -0.39 is 0 Å². The molecule has 3 aromatic rings. The van der Waals surface area contributed by atoms with Gasteiger partial charge in [0.15, 0.2) is 5.65 Å². The fraction of sp³-hybridized carbons (Fsp3) is 0.333. The molecule has 4 heteroatoms. The van der Waals surface area contributed by atoms with Crippen LogP contribution in [0.1, 0.15) is 24.0 Å². The van der Waals surface area contributed by atoms with Gasteiger partial charge < -0.3 is 4.57 Å². The number of rotatable bonds is 2. The van der Waals surface area contributed by atoms with Gasteiger partial charge in [-0.25, -0.2) is 4.98 Å². The van der Waals surface area contributed by atoms with E-state index in [4.69, 9.17) is 9.98 Å². The van der Waals surface area contributed by atoms with Gasteiger partial charge in [0.05, 0.1) is 5.39 Å². The normalized spacial score (nSPS) is 12.3. The predicted octanol–water partition coefficient (Wildman–Crippen LogP) is 3.21. The molecule has 0 atom stereocenters. The Morgan fingerprint density at radius 1 is 1.09 bits per heavy atom. The lowest BCUT2D eigenvalue weighted by atomic mass is 10.2. The number of aryl methyl sites for hydroxylation is 2. The van der Waals surface area contributed by atoms with E-state index in [0.717, 1.165) is 34.6 Å². The topological polar surface area (TPSA) is 35.1 Å². The Hall–Kier alpha value is -2.36. The number of fused-ring (bicyclic) bond motifs is 1. The number of para-hydroxylation sites is 1. The molecule has 0 aliphatic heterocycles. The van der Waals surface area contributed by atoms with E-state index in [1.165, 1.54) is 11.3 Å². The highest BCUT2D eigenvalue weighted by molar-refractivity contribution is 5.83. The molecule has 0 aliphatic rings. The summed E-state index contributed by atoms with van der Waals surface area (Å²) in [5.41, 5.74) is 5.60. The van der Waals surface area contributed by atoms with E-state index in [1.807, 2.05) is 20.0 Å². The Kier molecular flexibility index (Phi) is 3.61. The molecule has 0 N–H and O–H groups in total. The number of hydrogen-bond acceptors (Lipinski definition) is 2. The van der Waals surface area contributed by atoms with Crippen molar-refractivity contribution >= 4 is 11.0 Å². The van der Waals surface area contributed by atoms with Crippen LogP contribution in [-0.2, 0) is 7.05 Å². The lowest BCUT2D eigenvalue weighted by molar-refractivity contribution is 0.757. The first-order chi connectivity index (χ1) is 10.6. The fourth-order valence-electron chi connectivity index (χ4n) is 2.94. The molecular weight excluding hydrogens is 272 g/mol. The summed E-state index contributed by atoms with van der Waals surface area (Å²) in [5, 5.41) is 1.15. The van der Waals surface area contributed by atoms with E-state index in [0.29, 0.717) is 0 Å². The Bertz CT molecular complexity index is 898. The molecule has 2 aromatic heterocycles. The highest BCUT2D eigenvalue weighted by atomic mass is 15.1. The molecule has 3 rings (SSSR count). The van der Waals surface area contributed by atoms with Crippen molar-refractivity contribution in [1.29, 1.82) is 0 Å². The fourth-order valence-corrected chi connectivity index (χ4v) is 2.94. The first-order valence-electron chi connectivity index (χ1n) is 7.67. The van der Waals surface area contributed by atoms with Crippen LogP contribution in [0.4, 0.5) is 0 Å². The Morgan fingerprint density at radius 3 is 2.41 bits per heavy atom. The molecule has 2 heterocycles. The van der Waals surface area contributed by atoms with Crippen molar-refractivity contribution in [3.63, 3.8) is 0 Å². The minimum Gasteiger partial charge on any atom is -0.318 e. The third kappa shape index (κ3) is 2.06. The molecule has 0 unspecified atom stereocenters. The maximum absolute atomic E-state index is 4.84. The molecule has 0 bridgehead atoms. The Labute approximate surface area is 130 Å². The van der Waals surface area contributed by atoms with Crippen molar-refractivity contribution in [2.24, 2.45) is 12.0 Å². The van der Waals surface area contributed by atoms with Gasteiger partial charge in [0.2, 0.25) is 0 Å². The number of nitrogens with zero attached hydrogens (tertiary/aromatic N) is 4. The number of hydrogen-bond donors (Lipinski definition) is 0. The van der Waals surface area contributed by atoms with Crippen molar-refractivity contribution in [3.8, 4) is 5.69 Å². The van der Waals surface area contributed by atoms with Crippen LogP contribution in [0.2, 0.25) is 0 Å². The standard InChI is InChI=1S/C18H22N4/c1-6-19-17-16-12(2)13(3)22(15-10-8-7-9-11-15)18(16)20-14(4)21(17)5/h7-11H,6H2,1-5H3. The molecule has 0 radical (unpaired) electrons. The number of aromatic nitrogens is 3. The van der Waals surface area contributed by atoms with Crippen LogP contribution in [0.25, 0.3) is 16.7 Å². The Morgan fingerprint density at radius 2 is 1.77 bits per heavy atom. The zero-order chi connectivity index (χ0) is 15.9. The summed E-state index contributed by atoms with van der Waals surface area (Å²) >= 11 is 0. The SMILES string of the molecule is CCN=c1c2c(C)c(C)n(-c3ccccc3)c2nc(C)n1C. The average Bonchev–Trinajstić information content (AvgIpc) is 2.76. The van der Waals surface area contributed by atoms with Gasteiger partial charge in [0, 0.05) is 25.0 Å². The van der Waals surface area contributed by atoms with Gasteiger partial charge >= 0.3 is 0 Å². The van der Waals surface area contributed by atoms with E-state index in [9.17, 15) is 0 Å². The van der Waals surface area contributed by atoms with Crippen molar-refractivity contribution in [2.45, 2.75) is 27.7 Å². The molecule has 0 spiro atoms. The summed E-state index contributed by atoms with van der Waals surface area (Å²) in [5.74, 6) is 0.967. The molecule has 1 aromatic carbocycles. The molecule has 4 nitrogen and oxygen atoms in total. The molecule has 114 valence electrons. The first kappa shape index (κ1) is 14.6. The van der Waals surface area contributed by atoms with Crippen LogP contribution in [0.3, 0.4) is 0 Å². The Balaban J connectivity index is 2.52. The van der Waals surface area contributed by atoms with Crippen molar-refractivity contribution in [2.75, 3.05) is 6.54 Å². The van der Waals surface area contributed by atoms with Gasteiger partial charge in [-0.2, -0.15) is 0 Å². The first-order valence-corrected chi connectivity index (χ1v) is 7.67. The van der Waals surface area contributed by atoms with E-state index in [1.54, 1.807) is 0 Å². The molecule has 0 fully saturated rings. The maximum Gasteiger partial charge on any atom is 0.150 e. The van der Waals surface area contributed by atoms with Gasteiger partial charge in [-0.3, -0.25) is 9.56 Å². The van der Waals surface area contributed by atoms with Gasteiger partial charge in [0.25, 0.3) is 0 Å². The van der Waals surface area contributed by atoms with Crippen LogP contribution in [0.15, 0.2) is 35.3 Å². The van der Waals surface area contributed by atoms with Gasteiger partial charge in [-0.15, -0.1) is 0 Å². The van der Waals surface area contributed by atoms with Crippen molar-refractivity contribution in [3.05, 3.63) is 52.9 Å². The third-order valence-corrected chi connectivity index (χ3v) is 4.31. The second kappa shape index (κ2) is 5.44. The van der Waals surface area contributed by atoms with Crippen LogP contribution >= 0.6 is 0 Å². The van der Waals surface area contributed by atoms with Gasteiger partial charge in [0.1, 0.15) is 11.3 Å². The molecule has 22 heavy (non-hydrogen) atoms. The van der Waals surface area contributed by atoms with Crippen LogP contribution in [0.5, 0.6) is 0 Å². The molecule has 0 aliphatic carbocycles. The smallest absolute Gasteiger partial charge is 0.150 e. The minimum absolute atomic E-state index is 0.765. The average molecular weight is 294 g/mol. The summed E-state index contributed by atoms with van der Waals surface area (Å²) < 4.78 is 4.31. The second-order valence-electron chi connectivity index (χ2n) is 5.60. The predicted molar refractivity (Wildman–Crippen MR) is 90.4 cm³/mol. The summed E-state index contributed by atoms with van der Waals surface area (Å²) in [6, 6.07) is 10.4. The van der Waals surface area contributed by atoms with Crippen molar-refractivity contribution in [1.82, 2.24) is 14.1 Å². The summed E-state index contributed by atoms with van der Waals surface area (Å²) in [4.78, 5) is 9.56. The highest BCUT2D eigenvalue weighted by Crippen LogP contribution is 2.25. The van der Waals surface area contributed by atoms with Crippen LogP contribution in [0, 0.1) is 20.8 Å². The largest absolute Gasteiger partial charge is 0.318 e. The lowest BCUT2D eigenvalue weighted by Gasteiger charge is -2.10. The van der Waals surface area contributed by atoms with Gasteiger partial charge in [-0.1, -0.05) is 18.2 Å². The maximum atomic E-state index is 4.84. The highest BCUT2D eigenvalue weighted by Gasteiger charge is 2.17. The molecule has 0 amide bonds. The van der Waals surface area contributed by atoms with Gasteiger partial charge in [-0.05, 0) is 45.4 Å². The minimum atomic E-state index is 0.765. The van der Waals surface area contributed by atoms with E-state index >= 15 is 0 Å². The zero-order valence-corrected chi connectivity index (χ0v) is 13.9. The zero-order valence-electron chi connectivity index (χ0n) is 13.9. The molecule has 0 saturated heterocycles. The third-order valence-electron chi connectivity index (χ3n) is 4.31. The van der Waals surface area contributed by atoms with E-state index in [-0.39, 0.29) is 0 Å². The quantitative estimate of drug-likeness (QED) is 0.715.